The van der Waals surface area contributed by atoms with E-state index in [0.717, 1.165) is 24.8 Å². The monoisotopic (exact) mass is 339 g/mol. The van der Waals surface area contributed by atoms with Gasteiger partial charge in [-0.25, -0.2) is 14.9 Å². The molecule has 3 unspecified atom stereocenters. The molecule has 2 aromatic rings. The Balaban J connectivity index is 1.70. The second-order valence-electron chi connectivity index (χ2n) is 6.76. The Bertz CT molecular complexity index is 753. The van der Waals surface area contributed by atoms with Crippen LogP contribution in [0.5, 0.6) is 0 Å². The lowest BCUT2D eigenvalue weighted by atomic mass is 9.71. The van der Waals surface area contributed by atoms with Gasteiger partial charge < -0.3 is 4.90 Å². The maximum Gasteiger partial charge on any atom is 0.255 e. The lowest BCUT2D eigenvalue weighted by Gasteiger charge is -2.52. The molecule has 4 rings (SSSR count). The SMILES string of the molecule is O=C(c1ccccc1-c1ncccn1)N1C(COO)CCC2CCC21. The van der Waals surface area contributed by atoms with Crippen molar-refractivity contribution in [3.05, 3.63) is 48.3 Å². The van der Waals surface area contributed by atoms with Crippen molar-refractivity contribution in [1.29, 1.82) is 0 Å². The molecular formula is C19H21N3O3. The quantitative estimate of drug-likeness (QED) is 0.684. The first kappa shape index (κ1) is 16.2. The van der Waals surface area contributed by atoms with E-state index in [1.165, 1.54) is 6.42 Å². The largest absolute Gasteiger partial charge is 0.330 e. The molecule has 1 aliphatic heterocycles. The minimum atomic E-state index is -0.0937. The first-order valence-electron chi connectivity index (χ1n) is 8.75. The number of piperidine rings is 1. The van der Waals surface area contributed by atoms with Crippen LogP contribution in [0.3, 0.4) is 0 Å². The van der Waals surface area contributed by atoms with E-state index in [1.54, 1.807) is 18.5 Å². The Kier molecular flexibility index (Phi) is 4.46. The fraction of sp³-hybridized carbons (Fsp3) is 0.421. The average Bonchev–Trinajstić information content (AvgIpc) is 2.64. The van der Waals surface area contributed by atoms with Gasteiger partial charge in [-0.3, -0.25) is 10.1 Å². The molecule has 1 amide bonds. The number of nitrogens with zero attached hydrogens (tertiary/aromatic N) is 3. The molecule has 2 heterocycles. The molecule has 1 aromatic carbocycles. The maximum atomic E-state index is 13.4. The highest BCUT2D eigenvalue weighted by Crippen LogP contribution is 2.42. The topological polar surface area (TPSA) is 75.6 Å². The molecule has 1 aromatic heterocycles. The normalized spacial score (nSPS) is 25.2. The Hall–Kier alpha value is -2.31. The van der Waals surface area contributed by atoms with Crippen molar-refractivity contribution in [2.45, 2.75) is 37.8 Å². The number of carbonyl (C=O) groups excluding carboxylic acids is 1. The summed E-state index contributed by atoms with van der Waals surface area (Å²) in [6.07, 6.45) is 7.49. The number of benzene rings is 1. The molecule has 6 nitrogen and oxygen atoms in total. The van der Waals surface area contributed by atoms with Crippen molar-refractivity contribution in [2.24, 2.45) is 5.92 Å². The first-order valence-corrected chi connectivity index (χ1v) is 8.75. The summed E-state index contributed by atoms with van der Waals surface area (Å²) >= 11 is 0. The van der Waals surface area contributed by atoms with Crippen LogP contribution in [-0.4, -0.2) is 44.7 Å². The van der Waals surface area contributed by atoms with Crippen LogP contribution < -0.4 is 0 Å². The van der Waals surface area contributed by atoms with Gasteiger partial charge in [0, 0.05) is 24.0 Å². The van der Waals surface area contributed by atoms with Gasteiger partial charge in [0.1, 0.15) is 6.61 Å². The van der Waals surface area contributed by atoms with Crippen molar-refractivity contribution in [1.82, 2.24) is 14.9 Å². The van der Waals surface area contributed by atoms with Crippen molar-refractivity contribution in [3.63, 3.8) is 0 Å². The van der Waals surface area contributed by atoms with Gasteiger partial charge in [0.05, 0.1) is 11.6 Å². The van der Waals surface area contributed by atoms with Gasteiger partial charge in [-0.05, 0) is 43.7 Å². The minimum Gasteiger partial charge on any atom is -0.330 e. The summed E-state index contributed by atoms with van der Waals surface area (Å²) in [5.74, 6) is 1.09. The minimum absolute atomic E-state index is 0.0282. The Morgan fingerprint density at radius 2 is 1.88 bits per heavy atom. The summed E-state index contributed by atoms with van der Waals surface area (Å²) in [5, 5.41) is 8.93. The van der Waals surface area contributed by atoms with Gasteiger partial charge in [0.25, 0.3) is 5.91 Å². The molecular weight excluding hydrogens is 318 g/mol. The van der Waals surface area contributed by atoms with E-state index in [0.29, 0.717) is 17.3 Å². The number of likely N-dealkylation sites (tertiary alicyclic amines) is 1. The number of carbonyl (C=O) groups is 1. The van der Waals surface area contributed by atoms with Crippen molar-refractivity contribution in [3.8, 4) is 11.4 Å². The van der Waals surface area contributed by atoms with Crippen molar-refractivity contribution >= 4 is 5.91 Å². The molecule has 130 valence electrons. The lowest BCUT2D eigenvalue weighted by molar-refractivity contribution is -0.255. The molecule has 2 fully saturated rings. The highest BCUT2D eigenvalue weighted by atomic mass is 17.1. The number of fused-ring (bicyclic) bond motifs is 1. The summed E-state index contributed by atoms with van der Waals surface area (Å²) in [5.41, 5.74) is 1.34. The third-order valence-corrected chi connectivity index (χ3v) is 5.46. The molecule has 6 heteroatoms. The fourth-order valence-electron chi connectivity index (χ4n) is 4.08. The van der Waals surface area contributed by atoms with Crippen LogP contribution >= 0.6 is 0 Å². The van der Waals surface area contributed by atoms with Gasteiger partial charge in [-0.15, -0.1) is 0 Å². The Morgan fingerprint density at radius 1 is 1.12 bits per heavy atom. The van der Waals surface area contributed by atoms with E-state index in [-0.39, 0.29) is 24.6 Å². The van der Waals surface area contributed by atoms with Crippen LogP contribution in [0.15, 0.2) is 42.7 Å². The molecule has 1 aliphatic carbocycles. The summed E-state index contributed by atoms with van der Waals surface area (Å²) in [6, 6.07) is 9.36. The smallest absolute Gasteiger partial charge is 0.255 e. The van der Waals surface area contributed by atoms with Crippen LogP contribution in [0, 0.1) is 5.92 Å². The molecule has 2 aliphatic rings. The molecule has 0 bridgehead atoms. The number of hydrogen-bond donors (Lipinski definition) is 1. The lowest BCUT2D eigenvalue weighted by Crippen LogP contribution is -2.59. The zero-order chi connectivity index (χ0) is 17.2. The molecule has 1 saturated carbocycles. The summed E-state index contributed by atoms with van der Waals surface area (Å²) < 4.78 is 0. The standard InChI is InChI=1S/C19H21N3O3/c23-19(22-14(12-25-24)8-6-13-7-9-17(13)22)16-5-2-1-4-15(16)18-20-10-3-11-21-18/h1-5,10-11,13-14,17,24H,6-9,12H2. The predicted octanol–water partition coefficient (Wildman–Crippen LogP) is 3.02. The van der Waals surface area contributed by atoms with Gasteiger partial charge >= 0.3 is 0 Å². The Morgan fingerprint density at radius 3 is 2.60 bits per heavy atom. The highest BCUT2D eigenvalue weighted by Gasteiger charge is 2.45. The van der Waals surface area contributed by atoms with Crippen molar-refractivity contribution in [2.75, 3.05) is 6.61 Å². The van der Waals surface area contributed by atoms with E-state index in [9.17, 15) is 4.79 Å². The predicted molar refractivity (Wildman–Crippen MR) is 91.8 cm³/mol. The van der Waals surface area contributed by atoms with Crippen LogP contribution in [0.25, 0.3) is 11.4 Å². The second kappa shape index (κ2) is 6.90. The molecule has 1 saturated heterocycles. The zero-order valence-corrected chi connectivity index (χ0v) is 13.9. The van der Waals surface area contributed by atoms with Crippen LogP contribution in [0.2, 0.25) is 0 Å². The third-order valence-electron chi connectivity index (χ3n) is 5.46. The van der Waals surface area contributed by atoms with E-state index in [4.69, 9.17) is 5.26 Å². The number of rotatable bonds is 4. The molecule has 25 heavy (non-hydrogen) atoms. The van der Waals surface area contributed by atoms with E-state index in [1.807, 2.05) is 29.2 Å². The zero-order valence-electron chi connectivity index (χ0n) is 13.9. The highest BCUT2D eigenvalue weighted by molar-refractivity contribution is 6.00. The van der Waals surface area contributed by atoms with Gasteiger partial charge in [-0.1, -0.05) is 18.2 Å². The molecule has 1 N–H and O–H groups in total. The van der Waals surface area contributed by atoms with E-state index in [2.05, 4.69) is 14.9 Å². The van der Waals surface area contributed by atoms with Gasteiger partial charge in [-0.2, -0.15) is 0 Å². The number of hydrogen-bond acceptors (Lipinski definition) is 5. The van der Waals surface area contributed by atoms with Gasteiger partial charge in [0.15, 0.2) is 5.82 Å². The van der Waals surface area contributed by atoms with Crippen molar-refractivity contribution < 1.29 is 14.9 Å². The molecule has 0 spiro atoms. The second-order valence-corrected chi connectivity index (χ2v) is 6.76. The Labute approximate surface area is 146 Å². The molecule has 3 atom stereocenters. The van der Waals surface area contributed by atoms with Crippen LogP contribution in [0.1, 0.15) is 36.0 Å². The maximum absolute atomic E-state index is 13.4. The van der Waals surface area contributed by atoms with E-state index < -0.39 is 0 Å². The molecule has 0 radical (unpaired) electrons. The number of aromatic nitrogens is 2. The third kappa shape index (κ3) is 2.92. The van der Waals surface area contributed by atoms with E-state index >= 15 is 0 Å². The average molecular weight is 339 g/mol. The first-order chi connectivity index (χ1) is 12.3. The fourth-order valence-corrected chi connectivity index (χ4v) is 4.08. The van der Waals surface area contributed by atoms with Gasteiger partial charge in [0.2, 0.25) is 0 Å². The summed E-state index contributed by atoms with van der Waals surface area (Å²) in [7, 11) is 0. The van der Waals surface area contributed by atoms with Crippen LogP contribution in [-0.2, 0) is 4.89 Å². The summed E-state index contributed by atoms with van der Waals surface area (Å²) in [6.45, 7) is 0.152. The van der Waals surface area contributed by atoms with Crippen LogP contribution in [0.4, 0.5) is 0 Å². The summed E-state index contributed by atoms with van der Waals surface area (Å²) in [4.78, 5) is 28.3. The number of amides is 1.